The van der Waals surface area contributed by atoms with Crippen molar-refractivity contribution in [3.8, 4) is 23.7 Å². The zero-order valence-corrected chi connectivity index (χ0v) is 9.97. The normalized spacial score (nSPS) is 9.60. The molecule has 0 spiro atoms. The Balaban J connectivity index is 3.41. The molecule has 0 N–H and O–H groups in total. The first-order valence-corrected chi connectivity index (χ1v) is 5.48. The summed E-state index contributed by atoms with van der Waals surface area (Å²) >= 11 is 0. The van der Waals surface area contributed by atoms with Gasteiger partial charge < -0.3 is 4.74 Å². The maximum atomic E-state index is 5.38. The largest absolute Gasteiger partial charge is 0.377 e. The van der Waals surface area contributed by atoms with Gasteiger partial charge in [0.2, 0.25) is 0 Å². The highest BCUT2D eigenvalue weighted by Crippen LogP contribution is 1.98. The Hall–Kier alpha value is -1.18. The number of ether oxygens (including phenoxy) is 1. The van der Waals surface area contributed by atoms with Crippen LogP contribution in [0.5, 0.6) is 0 Å². The topological polar surface area (TPSA) is 9.23 Å². The predicted molar refractivity (Wildman–Crippen MR) is 65.3 cm³/mol. The molecule has 0 heterocycles. The van der Waals surface area contributed by atoms with E-state index in [0.29, 0.717) is 12.5 Å². The molecule has 0 aromatic rings. The number of rotatable bonds is 5. The molecule has 0 bridgehead atoms. The average Bonchev–Trinajstić information content (AvgIpc) is 2.20. The van der Waals surface area contributed by atoms with E-state index in [1.807, 2.05) is 13.0 Å². The molecule has 0 aromatic carbocycles. The molecule has 0 saturated carbocycles. The molecular formula is C14H20O. The molecule has 0 atom stereocenters. The summed E-state index contributed by atoms with van der Waals surface area (Å²) in [4.78, 5) is 0. The van der Waals surface area contributed by atoms with Gasteiger partial charge in [-0.2, -0.15) is 0 Å². The Bertz CT molecular complexity index is 278. The molecular weight excluding hydrogens is 184 g/mol. The highest BCUT2D eigenvalue weighted by molar-refractivity contribution is 5.30. The van der Waals surface area contributed by atoms with E-state index in [1.165, 1.54) is 0 Å². The van der Waals surface area contributed by atoms with Crippen LogP contribution in [0.1, 0.15) is 33.6 Å². The lowest BCUT2D eigenvalue weighted by molar-refractivity contribution is 0.150. The van der Waals surface area contributed by atoms with Crippen LogP contribution in [0.25, 0.3) is 0 Å². The average molecular weight is 204 g/mol. The van der Waals surface area contributed by atoms with Crippen LogP contribution in [0.3, 0.4) is 0 Å². The SMILES string of the molecule is CCC#CC#CC=CCOCCC(C)C. The van der Waals surface area contributed by atoms with Gasteiger partial charge in [0.05, 0.1) is 6.61 Å². The Morgan fingerprint density at radius 1 is 1.27 bits per heavy atom. The molecule has 0 aromatic heterocycles. The van der Waals surface area contributed by atoms with Crippen LogP contribution in [0.15, 0.2) is 12.2 Å². The summed E-state index contributed by atoms with van der Waals surface area (Å²) in [5.74, 6) is 11.9. The first-order valence-electron chi connectivity index (χ1n) is 5.48. The second-order valence-electron chi connectivity index (χ2n) is 3.58. The number of hydrogen-bond donors (Lipinski definition) is 0. The summed E-state index contributed by atoms with van der Waals surface area (Å²) in [5, 5.41) is 0. The van der Waals surface area contributed by atoms with E-state index >= 15 is 0 Å². The Labute approximate surface area is 93.9 Å². The van der Waals surface area contributed by atoms with E-state index in [-0.39, 0.29) is 0 Å². The van der Waals surface area contributed by atoms with Gasteiger partial charge in [0.15, 0.2) is 0 Å². The van der Waals surface area contributed by atoms with Crippen molar-refractivity contribution in [1.82, 2.24) is 0 Å². The van der Waals surface area contributed by atoms with E-state index in [2.05, 4.69) is 37.5 Å². The maximum Gasteiger partial charge on any atom is 0.0656 e. The third-order valence-electron chi connectivity index (χ3n) is 1.65. The fourth-order valence-electron chi connectivity index (χ4n) is 0.788. The van der Waals surface area contributed by atoms with Crippen LogP contribution in [0, 0.1) is 29.6 Å². The van der Waals surface area contributed by atoms with E-state index in [4.69, 9.17) is 4.74 Å². The van der Waals surface area contributed by atoms with Gasteiger partial charge in [-0.1, -0.05) is 38.7 Å². The molecule has 0 saturated heterocycles. The second kappa shape index (κ2) is 10.9. The summed E-state index contributed by atoms with van der Waals surface area (Å²) < 4.78 is 5.38. The molecule has 82 valence electrons. The number of allylic oxidation sites excluding steroid dienone is 1. The van der Waals surface area contributed by atoms with Crippen LogP contribution < -0.4 is 0 Å². The van der Waals surface area contributed by atoms with Crippen molar-refractivity contribution in [1.29, 1.82) is 0 Å². The first kappa shape index (κ1) is 13.8. The van der Waals surface area contributed by atoms with E-state index in [9.17, 15) is 0 Å². The summed E-state index contributed by atoms with van der Waals surface area (Å²) in [6.07, 6.45) is 5.68. The van der Waals surface area contributed by atoms with Crippen molar-refractivity contribution in [2.24, 2.45) is 5.92 Å². The quantitative estimate of drug-likeness (QED) is 0.494. The van der Waals surface area contributed by atoms with Gasteiger partial charge in [-0.25, -0.2) is 0 Å². The molecule has 0 rings (SSSR count). The predicted octanol–water partition coefficient (Wildman–Crippen LogP) is 3.02. The van der Waals surface area contributed by atoms with E-state index in [0.717, 1.165) is 19.4 Å². The number of hydrogen-bond acceptors (Lipinski definition) is 1. The summed E-state index contributed by atoms with van der Waals surface area (Å²) in [5.41, 5.74) is 0. The van der Waals surface area contributed by atoms with Gasteiger partial charge in [0.1, 0.15) is 0 Å². The van der Waals surface area contributed by atoms with Crippen LogP contribution in [0.2, 0.25) is 0 Å². The Morgan fingerprint density at radius 3 is 2.73 bits per heavy atom. The Kier molecular flexibility index (Phi) is 10.0. The zero-order valence-electron chi connectivity index (χ0n) is 9.97. The third-order valence-corrected chi connectivity index (χ3v) is 1.65. The summed E-state index contributed by atoms with van der Waals surface area (Å²) in [6, 6.07) is 0. The van der Waals surface area contributed by atoms with Crippen molar-refractivity contribution in [3.05, 3.63) is 12.2 Å². The molecule has 1 heteroatoms. The van der Waals surface area contributed by atoms with E-state index < -0.39 is 0 Å². The minimum Gasteiger partial charge on any atom is -0.377 e. The minimum atomic E-state index is 0.641. The Morgan fingerprint density at radius 2 is 2.07 bits per heavy atom. The highest BCUT2D eigenvalue weighted by Gasteiger charge is 1.91. The molecule has 0 aliphatic heterocycles. The van der Waals surface area contributed by atoms with Gasteiger partial charge in [-0.3, -0.25) is 0 Å². The summed E-state index contributed by atoms with van der Waals surface area (Å²) in [6.45, 7) is 7.86. The zero-order chi connectivity index (χ0) is 11.4. The van der Waals surface area contributed by atoms with Crippen LogP contribution in [-0.2, 0) is 4.74 Å². The van der Waals surface area contributed by atoms with Crippen molar-refractivity contribution in [2.75, 3.05) is 13.2 Å². The lowest BCUT2D eigenvalue weighted by Crippen LogP contribution is -1.98. The van der Waals surface area contributed by atoms with Crippen LogP contribution in [0.4, 0.5) is 0 Å². The molecule has 0 fully saturated rings. The maximum absolute atomic E-state index is 5.38. The lowest BCUT2D eigenvalue weighted by Gasteiger charge is -2.02. The summed E-state index contributed by atoms with van der Waals surface area (Å²) in [7, 11) is 0. The fraction of sp³-hybridized carbons (Fsp3) is 0.571. The first-order chi connectivity index (χ1) is 7.27. The molecule has 0 radical (unpaired) electrons. The molecule has 15 heavy (non-hydrogen) atoms. The van der Waals surface area contributed by atoms with Crippen LogP contribution >= 0.6 is 0 Å². The monoisotopic (exact) mass is 204 g/mol. The van der Waals surface area contributed by atoms with Crippen molar-refractivity contribution in [2.45, 2.75) is 33.6 Å². The lowest BCUT2D eigenvalue weighted by atomic mass is 10.1. The van der Waals surface area contributed by atoms with Crippen LogP contribution in [-0.4, -0.2) is 13.2 Å². The van der Waals surface area contributed by atoms with Gasteiger partial charge >= 0.3 is 0 Å². The van der Waals surface area contributed by atoms with Gasteiger partial charge in [0, 0.05) is 13.0 Å². The minimum absolute atomic E-state index is 0.641. The fourth-order valence-corrected chi connectivity index (χ4v) is 0.788. The molecule has 0 amide bonds. The van der Waals surface area contributed by atoms with E-state index in [1.54, 1.807) is 6.08 Å². The second-order valence-corrected chi connectivity index (χ2v) is 3.58. The third kappa shape index (κ3) is 12.8. The highest BCUT2D eigenvalue weighted by atomic mass is 16.5. The van der Waals surface area contributed by atoms with Gasteiger partial charge in [-0.15, -0.1) is 0 Å². The van der Waals surface area contributed by atoms with Crippen molar-refractivity contribution < 1.29 is 4.74 Å². The molecule has 0 aliphatic carbocycles. The standard InChI is InChI=1S/C14H20O/c1-4-5-6-7-8-9-10-12-15-13-11-14(2)3/h9-10,14H,4,11-13H2,1-3H3. The molecule has 0 unspecified atom stereocenters. The van der Waals surface area contributed by atoms with Gasteiger partial charge in [-0.05, 0) is 30.3 Å². The van der Waals surface area contributed by atoms with Crippen molar-refractivity contribution in [3.63, 3.8) is 0 Å². The van der Waals surface area contributed by atoms with Gasteiger partial charge in [0.25, 0.3) is 0 Å². The van der Waals surface area contributed by atoms with Crippen molar-refractivity contribution >= 4 is 0 Å². The molecule has 1 nitrogen and oxygen atoms in total. The molecule has 0 aliphatic rings. The smallest absolute Gasteiger partial charge is 0.0656 e.